The van der Waals surface area contributed by atoms with E-state index in [9.17, 15) is 0 Å². The molecule has 1 rings (SSSR count). The molecule has 1 unspecified atom stereocenters. The number of benzene rings is 1. The number of hydrogen-bond acceptors (Lipinski definition) is 2. The lowest BCUT2D eigenvalue weighted by Crippen LogP contribution is -2.27. The quantitative estimate of drug-likeness (QED) is 0.686. The lowest BCUT2D eigenvalue weighted by molar-refractivity contribution is 0.275. The fraction of sp³-hybridized carbons (Fsp3) is 0.684. The molecule has 0 aliphatic rings. The van der Waals surface area contributed by atoms with Crippen molar-refractivity contribution in [2.45, 2.75) is 66.0 Å². The highest BCUT2D eigenvalue weighted by Crippen LogP contribution is 2.16. The molecule has 2 nitrogen and oxygen atoms in total. The highest BCUT2D eigenvalue weighted by atomic mass is 15.1. The van der Waals surface area contributed by atoms with Crippen molar-refractivity contribution in [3.63, 3.8) is 0 Å². The first-order valence-corrected chi connectivity index (χ1v) is 8.61. The maximum absolute atomic E-state index is 3.51. The zero-order valence-corrected chi connectivity index (χ0v) is 14.7. The largest absolute Gasteiger partial charge is 0.314 e. The molecule has 2 heteroatoms. The zero-order chi connectivity index (χ0) is 15.7. The lowest BCUT2D eigenvalue weighted by Gasteiger charge is -2.21. The fourth-order valence-corrected chi connectivity index (χ4v) is 2.47. The molecule has 1 N–H and O–H groups in total. The molecule has 0 aliphatic heterocycles. The van der Waals surface area contributed by atoms with Crippen LogP contribution in [0, 0.1) is 0 Å². The first-order valence-electron chi connectivity index (χ1n) is 8.61. The molecule has 0 aliphatic carbocycles. The second kappa shape index (κ2) is 9.97. The van der Waals surface area contributed by atoms with Crippen LogP contribution < -0.4 is 5.32 Å². The molecule has 0 fully saturated rings. The molecule has 0 heterocycles. The topological polar surface area (TPSA) is 15.3 Å². The summed E-state index contributed by atoms with van der Waals surface area (Å²) in [6, 6.07) is 9.76. The summed E-state index contributed by atoms with van der Waals surface area (Å²) in [6.07, 6.45) is 2.57. The third-order valence-electron chi connectivity index (χ3n) is 4.06. The van der Waals surface area contributed by atoms with E-state index in [1.807, 2.05) is 0 Å². The molecular formula is C19H34N2. The second-order valence-corrected chi connectivity index (χ2v) is 6.43. The van der Waals surface area contributed by atoms with Crippen molar-refractivity contribution in [3.05, 3.63) is 35.4 Å². The van der Waals surface area contributed by atoms with Gasteiger partial charge in [0.15, 0.2) is 0 Å². The van der Waals surface area contributed by atoms with Crippen molar-refractivity contribution in [2.75, 3.05) is 19.6 Å². The van der Waals surface area contributed by atoms with E-state index in [1.165, 1.54) is 30.5 Å². The summed E-state index contributed by atoms with van der Waals surface area (Å²) >= 11 is 0. The minimum absolute atomic E-state index is 0.559. The minimum atomic E-state index is 0.559. The lowest BCUT2D eigenvalue weighted by atomic mass is 9.99. The van der Waals surface area contributed by atoms with Gasteiger partial charge in [0.25, 0.3) is 0 Å². The molecule has 120 valence electrons. The number of nitrogens with zero attached hydrogens (tertiary/aromatic N) is 1. The molecule has 1 aromatic carbocycles. The van der Waals surface area contributed by atoms with E-state index < -0.39 is 0 Å². The Morgan fingerprint density at radius 1 is 1.05 bits per heavy atom. The third kappa shape index (κ3) is 7.10. The molecule has 0 saturated carbocycles. The van der Waals surface area contributed by atoms with Crippen LogP contribution in [0.25, 0.3) is 0 Å². The second-order valence-electron chi connectivity index (χ2n) is 6.43. The predicted molar refractivity (Wildman–Crippen MR) is 93.9 cm³/mol. The zero-order valence-electron chi connectivity index (χ0n) is 14.7. The number of unbranched alkanes of at least 4 members (excludes halogenated alkanes) is 1. The standard InChI is InChI=1S/C19H34N2/c1-6-8-13-21(7-2)15-18-9-11-19(12-10-18)17(5)14-20-16(3)4/h9-12,16-17,20H,6-8,13-15H2,1-5H3. The molecule has 1 aromatic rings. The average Bonchev–Trinajstić information content (AvgIpc) is 2.49. The molecule has 0 bridgehead atoms. The summed E-state index contributed by atoms with van der Waals surface area (Å²) < 4.78 is 0. The molecule has 0 spiro atoms. The van der Waals surface area contributed by atoms with E-state index in [4.69, 9.17) is 0 Å². The van der Waals surface area contributed by atoms with E-state index in [0.717, 1.165) is 19.6 Å². The van der Waals surface area contributed by atoms with Gasteiger partial charge in [-0.15, -0.1) is 0 Å². The van der Waals surface area contributed by atoms with Gasteiger partial charge >= 0.3 is 0 Å². The monoisotopic (exact) mass is 290 g/mol. The molecule has 0 amide bonds. The Bertz CT molecular complexity index is 370. The van der Waals surface area contributed by atoms with E-state index in [-0.39, 0.29) is 0 Å². The number of rotatable bonds is 10. The van der Waals surface area contributed by atoms with Gasteiger partial charge in [-0.2, -0.15) is 0 Å². The highest BCUT2D eigenvalue weighted by Gasteiger charge is 2.07. The van der Waals surface area contributed by atoms with Gasteiger partial charge in [-0.1, -0.05) is 65.3 Å². The summed E-state index contributed by atoms with van der Waals surface area (Å²) in [5.41, 5.74) is 2.87. The van der Waals surface area contributed by atoms with Gasteiger partial charge in [-0.25, -0.2) is 0 Å². The van der Waals surface area contributed by atoms with Crippen LogP contribution in [-0.2, 0) is 6.54 Å². The van der Waals surface area contributed by atoms with Crippen molar-refractivity contribution in [2.24, 2.45) is 0 Å². The SMILES string of the molecule is CCCCN(CC)Cc1ccc(C(C)CNC(C)C)cc1. The van der Waals surface area contributed by atoms with Crippen LogP contribution in [0.4, 0.5) is 0 Å². The van der Waals surface area contributed by atoms with Crippen molar-refractivity contribution < 1.29 is 0 Å². The van der Waals surface area contributed by atoms with E-state index in [2.05, 4.69) is 69.1 Å². The summed E-state index contributed by atoms with van der Waals surface area (Å²) in [7, 11) is 0. The normalized spacial score (nSPS) is 13.1. The Hall–Kier alpha value is -0.860. The predicted octanol–water partition coefficient (Wildman–Crippen LogP) is 4.41. The Kier molecular flexibility index (Phi) is 8.63. The van der Waals surface area contributed by atoms with Gasteiger partial charge in [0.1, 0.15) is 0 Å². The van der Waals surface area contributed by atoms with Crippen LogP contribution in [0.5, 0.6) is 0 Å². The summed E-state index contributed by atoms with van der Waals surface area (Å²) in [6.45, 7) is 15.7. The number of nitrogens with one attached hydrogen (secondary N) is 1. The summed E-state index contributed by atoms with van der Waals surface area (Å²) in [5, 5.41) is 3.51. The molecule has 21 heavy (non-hydrogen) atoms. The van der Waals surface area contributed by atoms with Crippen LogP contribution in [0.3, 0.4) is 0 Å². The van der Waals surface area contributed by atoms with Crippen LogP contribution in [0.2, 0.25) is 0 Å². The molecule has 0 radical (unpaired) electrons. The van der Waals surface area contributed by atoms with Gasteiger partial charge in [-0.3, -0.25) is 4.90 Å². The van der Waals surface area contributed by atoms with E-state index in [0.29, 0.717) is 12.0 Å². The van der Waals surface area contributed by atoms with E-state index in [1.54, 1.807) is 0 Å². The first kappa shape index (κ1) is 18.2. The van der Waals surface area contributed by atoms with Gasteiger partial charge in [0.05, 0.1) is 0 Å². The Morgan fingerprint density at radius 2 is 1.71 bits per heavy atom. The van der Waals surface area contributed by atoms with Gasteiger partial charge in [0.2, 0.25) is 0 Å². The van der Waals surface area contributed by atoms with Crippen molar-refractivity contribution in [1.29, 1.82) is 0 Å². The van der Waals surface area contributed by atoms with Crippen LogP contribution in [0.1, 0.15) is 64.5 Å². The average molecular weight is 290 g/mol. The van der Waals surface area contributed by atoms with Crippen LogP contribution >= 0.6 is 0 Å². The minimum Gasteiger partial charge on any atom is -0.314 e. The fourth-order valence-electron chi connectivity index (χ4n) is 2.47. The van der Waals surface area contributed by atoms with Gasteiger partial charge in [-0.05, 0) is 36.6 Å². The van der Waals surface area contributed by atoms with Gasteiger partial charge in [0, 0.05) is 19.1 Å². The van der Waals surface area contributed by atoms with Crippen LogP contribution in [-0.4, -0.2) is 30.6 Å². The maximum atomic E-state index is 3.51. The Balaban J connectivity index is 2.52. The molecule has 0 saturated heterocycles. The summed E-state index contributed by atoms with van der Waals surface area (Å²) in [4.78, 5) is 2.53. The molecule has 1 atom stereocenters. The third-order valence-corrected chi connectivity index (χ3v) is 4.06. The Morgan fingerprint density at radius 3 is 2.24 bits per heavy atom. The van der Waals surface area contributed by atoms with Crippen molar-refractivity contribution in [1.82, 2.24) is 10.2 Å². The number of hydrogen-bond donors (Lipinski definition) is 1. The Labute approximate surface area is 131 Å². The summed E-state index contributed by atoms with van der Waals surface area (Å²) in [5.74, 6) is 0.573. The highest BCUT2D eigenvalue weighted by molar-refractivity contribution is 5.25. The van der Waals surface area contributed by atoms with Gasteiger partial charge < -0.3 is 5.32 Å². The molecular weight excluding hydrogens is 256 g/mol. The van der Waals surface area contributed by atoms with Crippen molar-refractivity contribution in [3.8, 4) is 0 Å². The molecule has 0 aromatic heterocycles. The van der Waals surface area contributed by atoms with E-state index >= 15 is 0 Å². The van der Waals surface area contributed by atoms with Crippen LogP contribution in [0.15, 0.2) is 24.3 Å². The maximum Gasteiger partial charge on any atom is 0.0233 e. The van der Waals surface area contributed by atoms with Crippen molar-refractivity contribution >= 4 is 0 Å². The smallest absolute Gasteiger partial charge is 0.0233 e. The first-order chi connectivity index (χ1) is 10.1.